The van der Waals surface area contributed by atoms with E-state index in [-0.39, 0.29) is 4.75 Å². The monoisotopic (exact) mass is 348 g/mol. The minimum atomic E-state index is -0.558. The fourth-order valence-electron chi connectivity index (χ4n) is 2.55. The van der Waals surface area contributed by atoms with E-state index in [2.05, 4.69) is 31.1 Å². The highest BCUT2D eigenvalue weighted by molar-refractivity contribution is 8.00. The van der Waals surface area contributed by atoms with Crippen molar-refractivity contribution in [2.45, 2.75) is 36.6 Å². The molecule has 0 radical (unpaired) electrons. The first-order valence-electron chi connectivity index (χ1n) is 7.62. The van der Waals surface area contributed by atoms with Crippen molar-refractivity contribution in [3.8, 4) is 5.75 Å². The van der Waals surface area contributed by atoms with Crippen molar-refractivity contribution in [3.05, 3.63) is 42.3 Å². The van der Waals surface area contributed by atoms with Crippen LogP contribution in [0, 0.1) is 0 Å². The number of nitrogens with zero attached hydrogens (tertiary/aromatic N) is 2. The number of rotatable bonds is 3. The Morgan fingerprint density at radius 2 is 2.17 bits per heavy atom. The summed E-state index contributed by atoms with van der Waals surface area (Å²) >= 11 is 1.71. The number of aromatic nitrogens is 2. The van der Waals surface area contributed by atoms with Crippen LogP contribution >= 0.6 is 11.8 Å². The predicted octanol–water partition coefficient (Wildman–Crippen LogP) is 3.32. The number of halogens is 1. The average Bonchev–Trinajstić information content (AvgIpc) is 2.86. The number of allylic oxidation sites excluding steroid dienone is 2. The maximum Gasteiger partial charge on any atom is 0.189 e. The minimum Gasteiger partial charge on any atom is -0.495 e. The standard InChI is InChI=1S/C17H21FN4OS/c1-17(2,3)24-13-9-22-11(8-20-16(22)7-12(13)23-4)10-5-14(18)21-15(19)6-10/h5-9,15,21H,19H2,1-4H3. The molecule has 2 aromatic rings. The molecule has 1 atom stereocenters. The summed E-state index contributed by atoms with van der Waals surface area (Å²) in [4.78, 5) is 5.41. The van der Waals surface area contributed by atoms with Gasteiger partial charge in [0.1, 0.15) is 11.4 Å². The molecule has 5 nitrogen and oxygen atoms in total. The summed E-state index contributed by atoms with van der Waals surface area (Å²) in [5.74, 6) is 0.324. The summed E-state index contributed by atoms with van der Waals surface area (Å²) in [6, 6.07) is 1.89. The lowest BCUT2D eigenvalue weighted by Gasteiger charge is -2.20. The molecule has 0 aliphatic carbocycles. The summed E-state index contributed by atoms with van der Waals surface area (Å²) < 4.78 is 21.1. The molecular weight excluding hydrogens is 327 g/mol. The molecule has 0 saturated carbocycles. The van der Waals surface area contributed by atoms with Gasteiger partial charge in [-0.2, -0.15) is 4.39 Å². The Bertz CT molecular complexity index is 835. The molecule has 3 N–H and O–H groups in total. The topological polar surface area (TPSA) is 64.6 Å². The highest BCUT2D eigenvalue weighted by Crippen LogP contribution is 2.39. The van der Waals surface area contributed by atoms with Gasteiger partial charge in [0.25, 0.3) is 0 Å². The number of hydrogen-bond acceptors (Lipinski definition) is 5. The van der Waals surface area contributed by atoms with Crippen molar-refractivity contribution in [2.24, 2.45) is 5.73 Å². The van der Waals surface area contributed by atoms with E-state index in [9.17, 15) is 4.39 Å². The lowest BCUT2D eigenvalue weighted by atomic mass is 10.1. The van der Waals surface area contributed by atoms with Gasteiger partial charge in [0.2, 0.25) is 0 Å². The van der Waals surface area contributed by atoms with Gasteiger partial charge in [-0.3, -0.25) is 4.40 Å². The second-order valence-electron chi connectivity index (χ2n) is 6.58. The van der Waals surface area contributed by atoms with Gasteiger partial charge in [-0.1, -0.05) is 20.8 Å². The summed E-state index contributed by atoms with van der Waals surface area (Å²) in [5, 5.41) is 2.52. The van der Waals surface area contributed by atoms with E-state index in [1.165, 1.54) is 6.08 Å². The minimum absolute atomic E-state index is 0.0318. The molecule has 0 fully saturated rings. The summed E-state index contributed by atoms with van der Waals surface area (Å²) in [7, 11) is 1.65. The summed E-state index contributed by atoms with van der Waals surface area (Å²) in [6.45, 7) is 6.42. The zero-order chi connectivity index (χ0) is 17.5. The zero-order valence-corrected chi connectivity index (χ0v) is 14.9. The van der Waals surface area contributed by atoms with Crippen molar-refractivity contribution < 1.29 is 9.13 Å². The molecule has 24 heavy (non-hydrogen) atoms. The lowest BCUT2D eigenvalue weighted by molar-refractivity contribution is 0.404. The molecule has 0 amide bonds. The Balaban J connectivity index is 2.13. The van der Waals surface area contributed by atoms with Crippen molar-refractivity contribution in [1.82, 2.24) is 14.7 Å². The number of imidazole rings is 1. The van der Waals surface area contributed by atoms with Crippen LogP contribution in [-0.4, -0.2) is 27.4 Å². The van der Waals surface area contributed by atoms with E-state index >= 15 is 0 Å². The molecule has 3 heterocycles. The van der Waals surface area contributed by atoms with Gasteiger partial charge < -0.3 is 15.8 Å². The van der Waals surface area contributed by atoms with Crippen LogP contribution in [0.25, 0.3) is 11.2 Å². The number of dihydropyridines is 1. The maximum absolute atomic E-state index is 13.7. The normalized spacial score (nSPS) is 18.2. The van der Waals surface area contributed by atoms with Gasteiger partial charge in [0.05, 0.1) is 30.1 Å². The fraction of sp³-hybridized carbons (Fsp3) is 0.353. The molecule has 128 valence electrons. The number of methoxy groups -OCH3 is 1. The van der Waals surface area contributed by atoms with E-state index < -0.39 is 12.1 Å². The van der Waals surface area contributed by atoms with Crippen molar-refractivity contribution in [3.63, 3.8) is 0 Å². The molecule has 2 aromatic heterocycles. The van der Waals surface area contributed by atoms with Gasteiger partial charge in [-0.25, -0.2) is 4.98 Å². The molecule has 3 rings (SSSR count). The smallest absolute Gasteiger partial charge is 0.189 e. The van der Waals surface area contributed by atoms with Crippen LogP contribution in [0.5, 0.6) is 5.75 Å². The highest BCUT2D eigenvalue weighted by atomic mass is 32.2. The summed E-state index contributed by atoms with van der Waals surface area (Å²) in [5.41, 5.74) is 8.03. The van der Waals surface area contributed by atoms with Crippen LogP contribution in [-0.2, 0) is 0 Å². The molecule has 7 heteroatoms. The van der Waals surface area contributed by atoms with Gasteiger partial charge in [0.15, 0.2) is 5.95 Å². The van der Waals surface area contributed by atoms with Crippen LogP contribution in [0.2, 0.25) is 0 Å². The highest BCUT2D eigenvalue weighted by Gasteiger charge is 2.19. The first-order valence-corrected chi connectivity index (χ1v) is 8.44. The predicted molar refractivity (Wildman–Crippen MR) is 95.6 cm³/mol. The number of hydrogen-bond donors (Lipinski definition) is 2. The van der Waals surface area contributed by atoms with Gasteiger partial charge in [-0.15, -0.1) is 11.8 Å². The molecule has 0 aromatic carbocycles. The molecule has 0 saturated heterocycles. The van der Waals surface area contributed by atoms with E-state index in [4.69, 9.17) is 10.5 Å². The van der Waals surface area contributed by atoms with E-state index in [1.54, 1.807) is 31.1 Å². The first-order chi connectivity index (χ1) is 11.3. The third-order valence-corrected chi connectivity index (χ3v) is 4.59. The third kappa shape index (κ3) is 3.42. The Labute approximate surface area is 144 Å². The van der Waals surface area contributed by atoms with Gasteiger partial charge in [0, 0.05) is 28.7 Å². The number of nitrogens with two attached hydrogens (primary N) is 1. The second-order valence-corrected chi connectivity index (χ2v) is 8.45. The summed E-state index contributed by atoms with van der Waals surface area (Å²) in [6.07, 6.45) is 6.33. The van der Waals surface area contributed by atoms with Crippen molar-refractivity contribution >= 4 is 23.0 Å². The molecule has 0 spiro atoms. The van der Waals surface area contributed by atoms with Gasteiger partial charge >= 0.3 is 0 Å². The Kier molecular flexibility index (Phi) is 4.31. The van der Waals surface area contributed by atoms with E-state index in [0.29, 0.717) is 5.57 Å². The Morgan fingerprint density at radius 1 is 1.42 bits per heavy atom. The van der Waals surface area contributed by atoms with Crippen molar-refractivity contribution in [2.75, 3.05) is 7.11 Å². The van der Waals surface area contributed by atoms with Crippen LogP contribution in [0.3, 0.4) is 0 Å². The maximum atomic E-state index is 13.7. The Hall–Kier alpha value is -1.99. The van der Waals surface area contributed by atoms with Crippen LogP contribution in [0.4, 0.5) is 4.39 Å². The largest absolute Gasteiger partial charge is 0.495 e. The van der Waals surface area contributed by atoms with Crippen molar-refractivity contribution in [1.29, 1.82) is 0 Å². The lowest BCUT2D eigenvalue weighted by Crippen LogP contribution is -2.35. The average molecular weight is 348 g/mol. The molecule has 1 aliphatic rings. The van der Waals surface area contributed by atoms with E-state index in [1.807, 2.05) is 16.7 Å². The van der Waals surface area contributed by atoms with Crippen LogP contribution in [0.15, 0.2) is 41.5 Å². The fourth-order valence-corrected chi connectivity index (χ4v) is 3.61. The molecular formula is C17H21FN4OS. The number of nitrogens with one attached hydrogen (secondary N) is 1. The Morgan fingerprint density at radius 3 is 2.79 bits per heavy atom. The van der Waals surface area contributed by atoms with Crippen LogP contribution < -0.4 is 15.8 Å². The second kappa shape index (κ2) is 6.14. The molecule has 1 aliphatic heterocycles. The quantitative estimate of drug-likeness (QED) is 0.658. The SMILES string of the molecule is COc1cc2ncc(C3=CC(N)NC(F)=C3)n2cc1SC(C)(C)C. The third-order valence-electron chi connectivity index (χ3n) is 3.45. The number of fused-ring (bicyclic) bond motifs is 1. The van der Waals surface area contributed by atoms with E-state index in [0.717, 1.165) is 22.0 Å². The van der Waals surface area contributed by atoms with Crippen LogP contribution in [0.1, 0.15) is 26.5 Å². The number of thioether (sulfide) groups is 1. The zero-order valence-electron chi connectivity index (χ0n) is 14.1. The number of pyridine rings is 1. The first kappa shape index (κ1) is 16.9. The number of ether oxygens (including phenoxy) is 1. The molecule has 0 bridgehead atoms. The molecule has 1 unspecified atom stereocenters. The van der Waals surface area contributed by atoms with Gasteiger partial charge in [-0.05, 0) is 6.08 Å².